The molecule has 1 amide bonds. The number of aromatic nitrogens is 1. The first-order valence-electron chi connectivity index (χ1n) is 10.7. The van der Waals surface area contributed by atoms with Crippen molar-refractivity contribution in [3.63, 3.8) is 0 Å². The van der Waals surface area contributed by atoms with Crippen LogP contribution in [-0.4, -0.2) is 35.5 Å². The molecule has 1 atom stereocenters. The van der Waals surface area contributed by atoms with Crippen LogP contribution in [0.15, 0.2) is 66.4 Å². The van der Waals surface area contributed by atoms with Crippen molar-refractivity contribution in [3.8, 4) is 11.5 Å². The van der Waals surface area contributed by atoms with Crippen LogP contribution in [0.5, 0.6) is 11.5 Å². The van der Waals surface area contributed by atoms with Crippen LogP contribution in [0.3, 0.4) is 0 Å². The zero-order chi connectivity index (χ0) is 24.4. The lowest BCUT2D eigenvalue weighted by atomic mass is 9.97. The van der Waals surface area contributed by atoms with Crippen molar-refractivity contribution in [2.24, 2.45) is 0 Å². The normalized spacial score (nSPS) is 17.2. The van der Waals surface area contributed by atoms with Gasteiger partial charge in [-0.15, -0.1) is 0 Å². The first-order valence-corrected chi connectivity index (χ1v) is 11.0. The number of benzene rings is 2. The molecular weight excluding hydrogens is 456 g/mol. The Balaban J connectivity index is 1.97. The molecule has 1 aliphatic rings. The van der Waals surface area contributed by atoms with E-state index in [1.54, 1.807) is 67.7 Å². The number of nitrogens with zero attached hydrogens (tertiary/aromatic N) is 2. The number of halogens is 1. The van der Waals surface area contributed by atoms with Gasteiger partial charge in [-0.25, -0.2) is 0 Å². The van der Waals surface area contributed by atoms with E-state index in [4.69, 9.17) is 21.1 Å². The van der Waals surface area contributed by atoms with Gasteiger partial charge < -0.3 is 14.6 Å². The van der Waals surface area contributed by atoms with E-state index in [0.29, 0.717) is 23.7 Å². The molecule has 2 aromatic carbocycles. The molecule has 7 nitrogen and oxygen atoms in total. The fourth-order valence-electron chi connectivity index (χ4n) is 4.06. The molecule has 4 rings (SSSR count). The molecule has 2 heterocycles. The van der Waals surface area contributed by atoms with Crippen molar-refractivity contribution in [1.29, 1.82) is 0 Å². The van der Waals surface area contributed by atoms with E-state index >= 15 is 0 Å². The number of anilines is 1. The third-order valence-corrected chi connectivity index (χ3v) is 5.75. The average molecular weight is 479 g/mol. The number of rotatable bonds is 6. The second-order valence-corrected chi connectivity index (χ2v) is 8.09. The number of ether oxygens (including phenoxy) is 2. The van der Waals surface area contributed by atoms with Crippen LogP contribution in [0.4, 0.5) is 5.69 Å². The van der Waals surface area contributed by atoms with Gasteiger partial charge in [0.05, 0.1) is 35.6 Å². The van der Waals surface area contributed by atoms with Crippen LogP contribution >= 0.6 is 11.6 Å². The highest BCUT2D eigenvalue weighted by molar-refractivity contribution is 6.51. The first kappa shape index (κ1) is 23.3. The summed E-state index contributed by atoms with van der Waals surface area (Å²) >= 11 is 6.33. The monoisotopic (exact) mass is 478 g/mol. The standard InChI is InChI=1S/C26H23ClN2O5/c1-4-34-17-9-7-8-16(14-17)29-22(20-10-5-6-11-28-20)21(24(31)26(29)32)23(30)18-12-15(2)13-19(27)25(18)33-3/h5-14,22,30H,4H2,1-3H3/b23-21+. The molecular formula is C26H23ClN2O5. The quantitative estimate of drug-likeness (QED) is 0.302. The van der Waals surface area contributed by atoms with Gasteiger partial charge in [0.15, 0.2) is 0 Å². The summed E-state index contributed by atoms with van der Waals surface area (Å²) in [4.78, 5) is 32.3. The SMILES string of the molecule is CCOc1cccc(N2C(=O)C(=O)/C(=C(/O)c3cc(C)cc(Cl)c3OC)C2c2ccccn2)c1. The highest BCUT2D eigenvalue weighted by Crippen LogP contribution is 2.44. The van der Waals surface area contributed by atoms with E-state index in [1.807, 2.05) is 6.92 Å². The highest BCUT2D eigenvalue weighted by atomic mass is 35.5. The number of aliphatic hydroxyl groups excluding tert-OH is 1. The van der Waals surface area contributed by atoms with Crippen molar-refractivity contribution < 1.29 is 24.2 Å². The summed E-state index contributed by atoms with van der Waals surface area (Å²) in [6.07, 6.45) is 1.57. The Kier molecular flexibility index (Phi) is 6.56. The smallest absolute Gasteiger partial charge is 0.300 e. The highest BCUT2D eigenvalue weighted by Gasteiger charge is 2.48. The van der Waals surface area contributed by atoms with Crippen LogP contribution in [0, 0.1) is 6.92 Å². The summed E-state index contributed by atoms with van der Waals surface area (Å²) in [7, 11) is 1.42. The van der Waals surface area contributed by atoms with Crippen LogP contribution in [-0.2, 0) is 9.59 Å². The van der Waals surface area contributed by atoms with E-state index in [1.165, 1.54) is 12.0 Å². The molecule has 0 spiro atoms. The van der Waals surface area contributed by atoms with Gasteiger partial charge in [-0.1, -0.05) is 23.7 Å². The second kappa shape index (κ2) is 9.57. The number of aliphatic hydroxyl groups is 1. The van der Waals surface area contributed by atoms with Crippen LogP contribution in [0.1, 0.15) is 29.8 Å². The molecule has 1 aliphatic heterocycles. The average Bonchev–Trinajstić information content (AvgIpc) is 3.09. The number of Topliss-reactive ketones (excluding diaryl/α,β-unsaturated/α-hetero) is 1. The number of ketones is 1. The maximum Gasteiger partial charge on any atom is 0.300 e. The summed E-state index contributed by atoms with van der Waals surface area (Å²) in [5, 5.41) is 11.7. The largest absolute Gasteiger partial charge is 0.507 e. The second-order valence-electron chi connectivity index (χ2n) is 7.68. The molecule has 1 N–H and O–H groups in total. The van der Waals surface area contributed by atoms with Gasteiger partial charge in [0, 0.05) is 18.0 Å². The number of amides is 1. The Morgan fingerprint density at radius 2 is 1.94 bits per heavy atom. The van der Waals surface area contributed by atoms with E-state index < -0.39 is 17.7 Å². The Hall–Kier alpha value is -3.84. The summed E-state index contributed by atoms with van der Waals surface area (Å²) in [5.74, 6) is -1.26. The zero-order valence-electron chi connectivity index (χ0n) is 18.9. The third-order valence-electron chi connectivity index (χ3n) is 5.47. The van der Waals surface area contributed by atoms with Gasteiger partial charge in [0.1, 0.15) is 23.3 Å². The molecule has 1 saturated heterocycles. The van der Waals surface area contributed by atoms with E-state index in [9.17, 15) is 14.7 Å². The summed E-state index contributed by atoms with van der Waals surface area (Å²) in [5.41, 5.74) is 1.72. The Bertz CT molecular complexity index is 1290. The fourth-order valence-corrected chi connectivity index (χ4v) is 4.41. The lowest BCUT2D eigenvalue weighted by Gasteiger charge is -2.25. The van der Waals surface area contributed by atoms with Gasteiger partial charge in [0.25, 0.3) is 11.7 Å². The number of hydrogen-bond acceptors (Lipinski definition) is 6. The van der Waals surface area contributed by atoms with Crippen molar-refractivity contribution in [2.75, 3.05) is 18.6 Å². The fraction of sp³-hybridized carbons (Fsp3) is 0.192. The summed E-state index contributed by atoms with van der Waals surface area (Å²) in [6, 6.07) is 14.4. The number of carbonyl (C=O) groups excluding carboxylic acids is 2. The van der Waals surface area contributed by atoms with Crippen molar-refractivity contribution >= 4 is 34.7 Å². The van der Waals surface area contributed by atoms with Crippen LogP contribution in [0.25, 0.3) is 5.76 Å². The molecule has 1 unspecified atom stereocenters. The molecule has 0 saturated carbocycles. The minimum atomic E-state index is -0.970. The minimum Gasteiger partial charge on any atom is -0.507 e. The molecule has 8 heteroatoms. The van der Waals surface area contributed by atoms with Crippen LogP contribution < -0.4 is 14.4 Å². The molecule has 3 aromatic rings. The topological polar surface area (TPSA) is 89.0 Å². The molecule has 0 aliphatic carbocycles. The minimum absolute atomic E-state index is 0.106. The molecule has 174 valence electrons. The van der Waals surface area contributed by atoms with Crippen molar-refractivity contribution in [1.82, 2.24) is 4.98 Å². The van der Waals surface area contributed by atoms with E-state index in [-0.39, 0.29) is 27.7 Å². The lowest BCUT2D eigenvalue weighted by molar-refractivity contribution is -0.132. The predicted octanol–water partition coefficient (Wildman–Crippen LogP) is 5.08. The molecule has 1 aromatic heterocycles. The Morgan fingerprint density at radius 3 is 2.62 bits per heavy atom. The predicted molar refractivity (Wildman–Crippen MR) is 129 cm³/mol. The third kappa shape index (κ3) is 4.10. The lowest BCUT2D eigenvalue weighted by Crippen LogP contribution is -2.29. The van der Waals surface area contributed by atoms with Gasteiger partial charge in [-0.05, 0) is 55.8 Å². The molecule has 0 bridgehead atoms. The Labute approximate surface area is 202 Å². The number of pyridine rings is 1. The molecule has 0 radical (unpaired) electrons. The number of methoxy groups -OCH3 is 1. The first-order chi connectivity index (χ1) is 16.4. The van der Waals surface area contributed by atoms with Crippen molar-refractivity contribution in [2.45, 2.75) is 19.9 Å². The molecule has 34 heavy (non-hydrogen) atoms. The van der Waals surface area contributed by atoms with Crippen LogP contribution in [0.2, 0.25) is 5.02 Å². The van der Waals surface area contributed by atoms with Gasteiger partial charge in [-0.3, -0.25) is 19.5 Å². The van der Waals surface area contributed by atoms with Gasteiger partial charge in [0.2, 0.25) is 0 Å². The van der Waals surface area contributed by atoms with Gasteiger partial charge in [-0.2, -0.15) is 0 Å². The van der Waals surface area contributed by atoms with E-state index in [2.05, 4.69) is 4.98 Å². The number of hydrogen-bond donors (Lipinski definition) is 1. The maximum absolute atomic E-state index is 13.3. The van der Waals surface area contributed by atoms with Crippen molar-refractivity contribution in [3.05, 3.63) is 88.2 Å². The summed E-state index contributed by atoms with van der Waals surface area (Å²) < 4.78 is 11.0. The molecule has 1 fully saturated rings. The Morgan fingerprint density at radius 1 is 1.15 bits per heavy atom. The van der Waals surface area contributed by atoms with Gasteiger partial charge >= 0.3 is 0 Å². The zero-order valence-corrected chi connectivity index (χ0v) is 19.7. The number of aryl methyl sites for hydroxylation is 1. The summed E-state index contributed by atoms with van der Waals surface area (Å²) in [6.45, 7) is 4.10. The number of carbonyl (C=O) groups is 2. The maximum atomic E-state index is 13.3. The van der Waals surface area contributed by atoms with E-state index in [0.717, 1.165) is 5.56 Å².